The average molecular weight is 207 g/mol. The standard InChI is InChI=1S/C10H16F3N/c11-10(12,13)9(14)5-8-4-6-1-2-7(8)3-6/h6-9H,1-5,14H2. The van der Waals surface area contributed by atoms with Crippen molar-refractivity contribution in [1.82, 2.24) is 0 Å². The van der Waals surface area contributed by atoms with Gasteiger partial charge in [0.2, 0.25) is 0 Å². The van der Waals surface area contributed by atoms with E-state index in [1.165, 1.54) is 6.42 Å². The van der Waals surface area contributed by atoms with Crippen LogP contribution in [-0.2, 0) is 0 Å². The lowest BCUT2D eigenvalue weighted by Crippen LogP contribution is -2.39. The van der Waals surface area contributed by atoms with Gasteiger partial charge in [-0.2, -0.15) is 13.2 Å². The second-order valence-corrected chi connectivity index (χ2v) is 4.82. The van der Waals surface area contributed by atoms with E-state index in [9.17, 15) is 13.2 Å². The van der Waals surface area contributed by atoms with E-state index in [0.717, 1.165) is 19.3 Å². The van der Waals surface area contributed by atoms with Crippen LogP contribution in [0.1, 0.15) is 32.1 Å². The third kappa shape index (κ3) is 1.90. The van der Waals surface area contributed by atoms with Gasteiger partial charge in [-0.15, -0.1) is 0 Å². The van der Waals surface area contributed by atoms with E-state index in [2.05, 4.69) is 0 Å². The molecule has 4 heteroatoms. The number of alkyl halides is 3. The van der Waals surface area contributed by atoms with Crippen molar-refractivity contribution in [1.29, 1.82) is 0 Å². The predicted octanol–water partition coefficient (Wildman–Crippen LogP) is 2.70. The maximum absolute atomic E-state index is 12.2. The van der Waals surface area contributed by atoms with Crippen LogP contribution in [0.4, 0.5) is 13.2 Å². The molecule has 2 aliphatic rings. The lowest BCUT2D eigenvalue weighted by molar-refractivity contribution is -0.152. The van der Waals surface area contributed by atoms with E-state index in [4.69, 9.17) is 5.73 Å². The molecular weight excluding hydrogens is 191 g/mol. The summed E-state index contributed by atoms with van der Waals surface area (Å²) in [7, 11) is 0. The topological polar surface area (TPSA) is 26.0 Å². The summed E-state index contributed by atoms with van der Waals surface area (Å²) in [5.41, 5.74) is 5.14. The summed E-state index contributed by atoms with van der Waals surface area (Å²) in [6.45, 7) is 0. The van der Waals surface area contributed by atoms with Crippen LogP contribution < -0.4 is 5.73 Å². The molecule has 82 valence electrons. The smallest absolute Gasteiger partial charge is 0.320 e. The number of fused-ring (bicyclic) bond motifs is 2. The molecule has 0 aromatic heterocycles. The van der Waals surface area contributed by atoms with Crippen LogP contribution >= 0.6 is 0 Å². The van der Waals surface area contributed by atoms with Gasteiger partial charge in [0.15, 0.2) is 0 Å². The minimum absolute atomic E-state index is 0.144. The number of hydrogen-bond donors (Lipinski definition) is 1. The summed E-state index contributed by atoms with van der Waals surface area (Å²) in [5.74, 6) is 1.48. The van der Waals surface area contributed by atoms with Gasteiger partial charge < -0.3 is 5.73 Å². The van der Waals surface area contributed by atoms with E-state index < -0.39 is 12.2 Å². The lowest BCUT2D eigenvalue weighted by Gasteiger charge is -2.25. The summed E-state index contributed by atoms with van der Waals surface area (Å²) >= 11 is 0. The van der Waals surface area contributed by atoms with Crippen LogP contribution in [0.5, 0.6) is 0 Å². The van der Waals surface area contributed by atoms with Gasteiger partial charge in [-0.25, -0.2) is 0 Å². The number of rotatable bonds is 2. The van der Waals surface area contributed by atoms with E-state index in [0.29, 0.717) is 11.8 Å². The molecule has 0 aromatic carbocycles. The Balaban J connectivity index is 1.87. The van der Waals surface area contributed by atoms with Gasteiger partial charge in [0, 0.05) is 0 Å². The molecule has 2 aliphatic carbocycles. The lowest BCUT2D eigenvalue weighted by atomic mass is 9.84. The molecule has 14 heavy (non-hydrogen) atoms. The fourth-order valence-corrected chi connectivity index (χ4v) is 3.12. The molecular formula is C10H16F3N. The van der Waals surface area contributed by atoms with Crippen LogP contribution in [0.3, 0.4) is 0 Å². The van der Waals surface area contributed by atoms with Gasteiger partial charge >= 0.3 is 6.18 Å². The zero-order chi connectivity index (χ0) is 10.3. The predicted molar refractivity (Wildman–Crippen MR) is 47.6 cm³/mol. The minimum atomic E-state index is -4.21. The summed E-state index contributed by atoms with van der Waals surface area (Å²) in [6, 6.07) is -1.60. The second-order valence-electron chi connectivity index (χ2n) is 4.82. The largest absolute Gasteiger partial charge is 0.403 e. The van der Waals surface area contributed by atoms with Gasteiger partial charge in [-0.3, -0.25) is 0 Å². The Morgan fingerprint density at radius 2 is 1.93 bits per heavy atom. The first-order valence-corrected chi connectivity index (χ1v) is 5.29. The van der Waals surface area contributed by atoms with Crippen molar-refractivity contribution in [2.24, 2.45) is 23.5 Å². The number of nitrogens with two attached hydrogens (primary N) is 1. The van der Waals surface area contributed by atoms with Gasteiger partial charge in [0.25, 0.3) is 0 Å². The maximum Gasteiger partial charge on any atom is 0.403 e. The molecule has 2 bridgehead atoms. The fraction of sp³-hybridized carbons (Fsp3) is 1.00. The molecule has 2 rings (SSSR count). The molecule has 0 aromatic rings. The van der Waals surface area contributed by atoms with Crippen molar-refractivity contribution in [2.45, 2.75) is 44.3 Å². The Morgan fingerprint density at radius 1 is 1.21 bits per heavy atom. The highest BCUT2D eigenvalue weighted by atomic mass is 19.4. The highest BCUT2D eigenvalue weighted by Gasteiger charge is 2.44. The summed E-state index contributed by atoms with van der Waals surface area (Å²) in [4.78, 5) is 0. The van der Waals surface area contributed by atoms with Gasteiger partial charge in [-0.1, -0.05) is 6.42 Å². The summed E-state index contributed by atoms with van der Waals surface area (Å²) in [5, 5.41) is 0. The van der Waals surface area contributed by atoms with Crippen molar-refractivity contribution >= 4 is 0 Å². The van der Waals surface area contributed by atoms with Gasteiger partial charge in [0.1, 0.15) is 6.04 Å². The van der Waals surface area contributed by atoms with Gasteiger partial charge in [0.05, 0.1) is 0 Å². The third-order valence-electron chi connectivity index (χ3n) is 3.86. The number of halogens is 3. The monoisotopic (exact) mass is 207 g/mol. The molecule has 2 saturated carbocycles. The van der Waals surface area contributed by atoms with Crippen molar-refractivity contribution in [3.05, 3.63) is 0 Å². The third-order valence-corrected chi connectivity index (χ3v) is 3.86. The molecule has 0 radical (unpaired) electrons. The molecule has 2 fully saturated rings. The van der Waals surface area contributed by atoms with Crippen LogP contribution in [-0.4, -0.2) is 12.2 Å². The van der Waals surface area contributed by atoms with Crippen LogP contribution in [0.25, 0.3) is 0 Å². The van der Waals surface area contributed by atoms with Crippen LogP contribution in [0.2, 0.25) is 0 Å². The van der Waals surface area contributed by atoms with Crippen molar-refractivity contribution in [3.63, 3.8) is 0 Å². The Bertz CT molecular complexity index is 214. The molecule has 0 saturated heterocycles. The first kappa shape index (κ1) is 10.3. The van der Waals surface area contributed by atoms with E-state index in [1.807, 2.05) is 0 Å². The highest BCUT2D eigenvalue weighted by molar-refractivity contribution is 4.92. The molecule has 4 unspecified atom stereocenters. The first-order valence-electron chi connectivity index (χ1n) is 5.29. The Kier molecular flexibility index (Phi) is 2.50. The van der Waals surface area contributed by atoms with Crippen molar-refractivity contribution in [2.75, 3.05) is 0 Å². The summed E-state index contributed by atoms with van der Waals surface area (Å²) in [6.07, 6.45) is 0.415. The SMILES string of the molecule is NC(CC1CC2CCC1C2)C(F)(F)F. The average Bonchev–Trinajstić information content (AvgIpc) is 2.62. The highest BCUT2D eigenvalue weighted by Crippen LogP contribution is 2.50. The first-order chi connectivity index (χ1) is 6.47. The van der Waals surface area contributed by atoms with Crippen molar-refractivity contribution < 1.29 is 13.2 Å². The van der Waals surface area contributed by atoms with E-state index in [1.54, 1.807) is 0 Å². The Hall–Kier alpha value is -0.250. The second kappa shape index (κ2) is 3.40. The molecule has 0 spiro atoms. The zero-order valence-electron chi connectivity index (χ0n) is 8.06. The molecule has 4 atom stereocenters. The van der Waals surface area contributed by atoms with Crippen LogP contribution in [0.15, 0.2) is 0 Å². The maximum atomic E-state index is 12.2. The minimum Gasteiger partial charge on any atom is -0.320 e. The molecule has 0 heterocycles. The van der Waals surface area contributed by atoms with E-state index in [-0.39, 0.29) is 12.3 Å². The quantitative estimate of drug-likeness (QED) is 0.740. The van der Waals surface area contributed by atoms with Crippen molar-refractivity contribution in [3.8, 4) is 0 Å². The van der Waals surface area contributed by atoms with Gasteiger partial charge in [-0.05, 0) is 43.4 Å². The fourth-order valence-electron chi connectivity index (χ4n) is 3.12. The molecule has 0 amide bonds. The van der Waals surface area contributed by atoms with Crippen LogP contribution in [0, 0.1) is 17.8 Å². The normalized spacial score (nSPS) is 39.0. The Labute approximate surface area is 81.8 Å². The molecule has 2 N–H and O–H groups in total. The molecule has 1 nitrogen and oxygen atoms in total. The summed E-state index contributed by atoms with van der Waals surface area (Å²) < 4.78 is 36.7. The number of hydrogen-bond acceptors (Lipinski definition) is 1. The Morgan fingerprint density at radius 3 is 2.36 bits per heavy atom. The zero-order valence-corrected chi connectivity index (χ0v) is 8.06. The van der Waals surface area contributed by atoms with E-state index >= 15 is 0 Å². The molecule has 0 aliphatic heterocycles.